The highest BCUT2D eigenvalue weighted by molar-refractivity contribution is 6.30. The average molecular weight is 316 g/mol. The van der Waals surface area contributed by atoms with E-state index in [1.165, 1.54) is 0 Å². The molecule has 2 aromatic rings. The van der Waals surface area contributed by atoms with E-state index in [4.69, 9.17) is 34.8 Å². The molecule has 0 spiro atoms. The molecule has 0 saturated carbocycles. The second-order valence-electron chi connectivity index (χ2n) is 4.40. The van der Waals surface area contributed by atoms with Gasteiger partial charge in [-0.15, -0.1) is 11.6 Å². The third-order valence-electron chi connectivity index (χ3n) is 3.14. The minimum absolute atomic E-state index is 0.505. The van der Waals surface area contributed by atoms with Crippen LogP contribution in [0.1, 0.15) is 18.1 Å². The van der Waals surface area contributed by atoms with Gasteiger partial charge in [0.25, 0.3) is 0 Å². The number of alkyl halides is 1. The van der Waals surface area contributed by atoms with Gasteiger partial charge in [-0.05, 0) is 42.3 Å². The van der Waals surface area contributed by atoms with Crippen molar-refractivity contribution in [3.8, 4) is 0 Å². The zero-order valence-corrected chi connectivity index (χ0v) is 12.5. The van der Waals surface area contributed by atoms with Crippen LogP contribution in [-0.4, -0.2) is 10.5 Å². The summed E-state index contributed by atoms with van der Waals surface area (Å²) in [5.41, 5.74) is 0.111. The number of benzene rings is 2. The largest absolute Gasteiger partial charge is 0.379 e. The van der Waals surface area contributed by atoms with Crippen LogP contribution in [0.4, 0.5) is 0 Å². The summed E-state index contributed by atoms with van der Waals surface area (Å²) in [7, 11) is 0. The fourth-order valence-corrected chi connectivity index (χ4v) is 2.54. The zero-order valence-electron chi connectivity index (χ0n) is 10.3. The van der Waals surface area contributed by atoms with Crippen molar-refractivity contribution in [1.82, 2.24) is 0 Å². The zero-order chi connectivity index (χ0) is 14.0. The molecular weight excluding hydrogens is 303 g/mol. The predicted molar refractivity (Wildman–Crippen MR) is 81.2 cm³/mol. The van der Waals surface area contributed by atoms with Crippen molar-refractivity contribution in [3.63, 3.8) is 0 Å². The van der Waals surface area contributed by atoms with Crippen LogP contribution in [-0.2, 0) is 5.60 Å². The first-order chi connectivity index (χ1) is 8.94. The molecule has 1 atom stereocenters. The Labute approximate surface area is 127 Å². The van der Waals surface area contributed by atoms with Crippen LogP contribution in [0.2, 0.25) is 10.0 Å². The van der Waals surface area contributed by atoms with E-state index in [2.05, 4.69) is 0 Å². The Balaban J connectivity index is 2.54. The Kier molecular flexibility index (Phi) is 4.42. The lowest BCUT2D eigenvalue weighted by Gasteiger charge is -2.32. The first-order valence-electron chi connectivity index (χ1n) is 5.83. The minimum Gasteiger partial charge on any atom is -0.379 e. The monoisotopic (exact) mass is 314 g/mol. The molecule has 0 fully saturated rings. The number of rotatable bonds is 3. The fraction of sp³-hybridized carbons (Fsp3) is 0.200. The Morgan fingerprint density at radius 1 is 0.842 bits per heavy atom. The highest BCUT2D eigenvalue weighted by atomic mass is 35.5. The van der Waals surface area contributed by atoms with Crippen LogP contribution < -0.4 is 0 Å². The number of hydrogen-bond acceptors (Lipinski definition) is 1. The van der Waals surface area contributed by atoms with Gasteiger partial charge in [-0.2, -0.15) is 0 Å². The molecule has 100 valence electrons. The fourth-order valence-electron chi connectivity index (χ4n) is 2.03. The predicted octanol–water partition coefficient (Wildman–Crippen LogP) is 4.86. The third kappa shape index (κ3) is 2.90. The molecule has 0 aliphatic heterocycles. The highest BCUT2D eigenvalue weighted by Crippen LogP contribution is 2.36. The molecule has 0 aliphatic carbocycles. The lowest BCUT2D eigenvalue weighted by Crippen LogP contribution is -2.35. The molecule has 2 rings (SSSR count). The maximum Gasteiger partial charge on any atom is 0.131 e. The lowest BCUT2D eigenvalue weighted by atomic mass is 9.84. The van der Waals surface area contributed by atoms with E-state index >= 15 is 0 Å². The van der Waals surface area contributed by atoms with Gasteiger partial charge in [0.2, 0.25) is 0 Å². The van der Waals surface area contributed by atoms with Gasteiger partial charge in [-0.3, -0.25) is 0 Å². The molecule has 0 radical (unpaired) electrons. The molecule has 19 heavy (non-hydrogen) atoms. The molecule has 0 heterocycles. The quantitative estimate of drug-likeness (QED) is 0.802. The van der Waals surface area contributed by atoms with Gasteiger partial charge in [-0.25, -0.2) is 0 Å². The molecule has 0 saturated heterocycles. The van der Waals surface area contributed by atoms with Gasteiger partial charge in [0.15, 0.2) is 0 Å². The first-order valence-corrected chi connectivity index (χ1v) is 7.02. The second-order valence-corrected chi connectivity index (χ2v) is 5.92. The van der Waals surface area contributed by atoms with E-state index in [-0.39, 0.29) is 0 Å². The number of hydrogen-bond donors (Lipinski definition) is 1. The van der Waals surface area contributed by atoms with Gasteiger partial charge in [-0.1, -0.05) is 47.5 Å². The molecular formula is C15H13Cl3O. The van der Waals surface area contributed by atoms with Crippen molar-refractivity contribution >= 4 is 34.8 Å². The van der Waals surface area contributed by atoms with E-state index in [0.717, 1.165) is 0 Å². The van der Waals surface area contributed by atoms with Gasteiger partial charge >= 0.3 is 0 Å². The number of halogens is 3. The van der Waals surface area contributed by atoms with E-state index in [1.54, 1.807) is 55.5 Å². The molecule has 0 aromatic heterocycles. The summed E-state index contributed by atoms with van der Waals surface area (Å²) >= 11 is 18.0. The summed E-state index contributed by atoms with van der Waals surface area (Å²) in [6.07, 6.45) is 0. The summed E-state index contributed by atoms with van der Waals surface area (Å²) < 4.78 is 0. The topological polar surface area (TPSA) is 20.2 Å². The van der Waals surface area contributed by atoms with Crippen molar-refractivity contribution in [2.45, 2.75) is 17.9 Å². The van der Waals surface area contributed by atoms with Gasteiger partial charge in [0.1, 0.15) is 5.60 Å². The summed E-state index contributed by atoms with van der Waals surface area (Å²) in [6, 6.07) is 14.0. The maximum absolute atomic E-state index is 11.0. The van der Waals surface area contributed by atoms with E-state index in [1.807, 2.05) is 0 Å². The molecule has 1 unspecified atom stereocenters. The summed E-state index contributed by atoms with van der Waals surface area (Å²) in [6.45, 7) is 1.75. The maximum atomic E-state index is 11.0. The van der Waals surface area contributed by atoms with E-state index in [9.17, 15) is 5.11 Å². The van der Waals surface area contributed by atoms with Gasteiger partial charge < -0.3 is 5.11 Å². The van der Waals surface area contributed by atoms with Crippen LogP contribution in [0.3, 0.4) is 0 Å². The number of aliphatic hydroxyl groups is 1. The first kappa shape index (κ1) is 14.7. The van der Waals surface area contributed by atoms with Crippen LogP contribution in [0.5, 0.6) is 0 Å². The molecule has 0 bridgehead atoms. The summed E-state index contributed by atoms with van der Waals surface area (Å²) in [5, 5.41) is 11.7. The van der Waals surface area contributed by atoms with Crippen LogP contribution in [0.25, 0.3) is 0 Å². The molecule has 1 N–H and O–H groups in total. The second kappa shape index (κ2) is 5.72. The van der Waals surface area contributed by atoms with Crippen LogP contribution in [0.15, 0.2) is 48.5 Å². The average Bonchev–Trinajstić information content (AvgIpc) is 2.39. The normalized spacial score (nSPS) is 13.3. The molecule has 0 aliphatic rings. The van der Waals surface area contributed by atoms with Crippen molar-refractivity contribution < 1.29 is 5.11 Å². The van der Waals surface area contributed by atoms with Crippen molar-refractivity contribution in [2.24, 2.45) is 0 Å². The SMILES string of the molecule is CC(Cl)C(O)(c1ccc(Cl)cc1)c1ccc(Cl)cc1. The Morgan fingerprint density at radius 2 is 1.16 bits per heavy atom. The van der Waals surface area contributed by atoms with Gasteiger partial charge in [0, 0.05) is 10.0 Å². The van der Waals surface area contributed by atoms with Crippen molar-refractivity contribution in [3.05, 3.63) is 69.7 Å². The molecule has 2 aromatic carbocycles. The Bertz CT molecular complexity index is 501. The lowest BCUT2D eigenvalue weighted by molar-refractivity contribution is 0.0804. The minimum atomic E-state index is -1.28. The van der Waals surface area contributed by atoms with Crippen LogP contribution in [0, 0.1) is 0 Å². The standard InChI is InChI=1S/C15H13Cl3O/c1-10(16)15(19,11-2-6-13(17)7-3-11)12-4-8-14(18)9-5-12/h2-10,19H,1H3. The Hall–Kier alpha value is -0.730. The molecule has 4 heteroatoms. The summed E-state index contributed by atoms with van der Waals surface area (Å²) in [4.78, 5) is 0. The van der Waals surface area contributed by atoms with Crippen LogP contribution >= 0.6 is 34.8 Å². The van der Waals surface area contributed by atoms with Gasteiger partial charge in [0.05, 0.1) is 5.38 Å². The van der Waals surface area contributed by atoms with E-state index in [0.29, 0.717) is 21.2 Å². The smallest absolute Gasteiger partial charge is 0.131 e. The third-order valence-corrected chi connectivity index (χ3v) is 3.96. The van der Waals surface area contributed by atoms with Crippen molar-refractivity contribution in [2.75, 3.05) is 0 Å². The van der Waals surface area contributed by atoms with Crippen molar-refractivity contribution in [1.29, 1.82) is 0 Å². The summed E-state index contributed by atoms with van der Waals surface area (Å²) in [5.74, 6) is 0. The Morgan fingerprint density at radius 3 is 1.42 bits per heavy atom. The molecule has 1 nitrogen and oxygen atoms in total. The van der Waals surface area contributed by atoms with E-state index < -0.39 is 11.0 Å². The highest BCUT2D eigenvalue weighted by Gasteiger charge is 2.36. The molecule has 0 amide bonds.